The van der Waals surface area contributed by atoms with Crippen molar-refractivity contribution in [3.63, 3.8) is 0 Å². The molecule has 0 saturated heterocycles. The van der Waals surface area contributed by atoms with E-state index in [-0.39, 0.29) is 17.9 Å². The number of nitrogens with one attached hydrogen (secondary N) is 2. The lowest BCUT2D eigenvalue weighted by Crippen LogP contribution is -2.25. The molecule has 0 unspecified atom stereocenters. The fraction of sp³-hybridized carbons (Fsp3) is 0.250. The standard InChI is InChI=1S/C20H16ClF2N9O/c1-31-16-15(21)12(33-11-5-10-7-26-29-17(10)24-8-11)9-25-18(16)28-19(31)27-14-6-13-20(22,23)3-2-4-32(13)30-14/h5-9H,2-4H2,1H3,(H,24,26,29)(H,25,27,28,30). The molecule has 0 amide bonds. The number of H-pyrrole nitrogens is 1. The van der Waals surface area contributed by atoms with Crippen LogP contribution in [0.3, 0.4) is 0 Å². The minimum absolute atomic E-state index is 0.106. The van der Waals surface area contributed by atoms with Crippen LogP contribution in [0.1, 0.15) is 18.5 Å². The van der Waals surface area contributed by atoms with Gasteiger partial charge in [-0.3, -0.25) is 9.78 Å². The monoisotopic (exact) mass is 471 g/mol. The third-order valence-electron chi connectivity index (χ3n) is 5.55. The van der Waals surface area contributed by atoms with E-state index in [0.717, 1.165) is 5.39 Å². The van der Waals surface area contributed by atoms with Gasteiger partial charge in [-0.15, -0.1) is 0 Å². The maximum absolute atomic E-state index is 14.2. The Morgan fingerprint density at radius 3 is 2.94 bits per heavy atom. The van der Waals surface area contributed by atoms with Crippen molar-refractivity contribution >= 4 is 45.6 Å². The van der Waals surface area contributed by atoms with Gasteiger partial charge in [0, 0.05) is 31.5 Å². The molecule has 10 nitrogen and oxygen atoms in total. The van der Waals surface area contributed by atoms with E-state index in [1.807, 2.05) is 0 Å². The lowest BCUT2D eigenvalue weighted by Gasteiger charge is -2.22. The fourth-order valence-corrected chi connectivity index (χ4v) is 4.23. The minimum Gasteiger partial charge on any atom is -0.452 e. The Morgan fingerprint density at radius 2 is 2.09 bits per heavy atom. The highest BCUT2D eigenvalue weighted by Crippen LogP contribution is 2.39. The van der Waals surface area contributed by atoms with Crippen LogP contribution in [0.15, 0.2) is 30.7 Å². The van der Waals surface area contributed by atoms with Crippen LogP contribution in [0.5, 0.6) is 11.5 Å². The summed E-state index contributed by atoms with van der Waals surface area (Å²) in [4.78, 5) is 13.0. The summed E-state index contributed by atoms with van der Waals surface area (Å²) in [5.41, 5.74) is 1.42. The van der Waals surface area contributed by atoms with Gasteiger partial charge >= 0.3 is 0 Å². The molecule has 0 aliphatic carbocycles. The zero-order chi connectivity index (χ0) is 22.7. The molecule has 6 heterocycles. The highest BCUT2D eigenvalue weighted by molar-refractivity contribution is 6.36. The molecule has 6 rings (SSSR count). The molecule has 1 aliphatic heterocycles. The van der Waals surface area contributed by atoms with Gasteiger partial charge in [-0.25, -0.2) is 9.97 Å². The largest absolute Gasteiger partial charge is 0.452 e. The first-order valence-electron chi connectivity index (χ1n) is 10.1. The van der Waals surface area contributed by atoms with E-state index in [0.29, 0.717) is 52.2 Å². The molecular weight excluding hydrogens is 456 g/mol. The minimum atomic E-state index is -2.90. The number of pyridine rings is 2. The number of aromatic nitrogens is 8. The second-order valence-corrected chi connectivity index (χ2v) is 8.13. The third-order valence-corrected chi connectivity index (χ3v) is 5.92. The van der Waals surface area contributed by atoms with E-state index in [1.54, 1.807) is 30.1 Å². The molecule has 13 heteroatoms. The Balaban J connectivity index is 1.33. The summed E-state index contributed by atoms with van der Waals surface area (Å²) in [5.74, 6) is -1.48. The first-order valence-corrected chi connectivity index (χ1v) is 10.5. The maximum Gasteiger partial charge on any atom is 0.289 e. The van der Waals surface area contributed by atoms with Crippen molar-refractivity contribution < 1.29 is 13.5 Å². The molecule has 0 aromatic carbocycles. The van der Waals surface area contributed by atoms with Gasteiger partial charge in [-0.2, -0.15) is 24.0 Å². The number of halogens is 3. The summed E-state index contributed by atoms with van der Waals surface area (Å²) >= 11 is 6.62. The van der Waals surface area contributed by atoms with Crippen LogP contribution in [-0.2, 0) is 19.5 Å². The summed E-state index contributed by atoms with van der Waals surface area (Å²) in [6.45, 7) is 0.447. The van der Waals surface area contributed by atoms with Crippen molar-refractivity contribution in [2.75, 3.05) is 5.32 Å². The number of aromatic amines is 1. The fourth-order valence-electron chi connectivity index (χ4n) is 3.93. The van der Waals surface area contributed by atoms with Crippen LogP contribution in [0.4, 0.5) is 20.5 Å². The Kier molecular flexibility index (Phi) is 4.27. The number of nitrogens with zero attached hydrogens (tertiary/aromatic N) is 7. The highest BCUT2D eigenvalue weighted by atomic mass is 35.5. The van der Waals surface area contributed by atoms with Gasteiger partial charge < -0.3 is 14.6 Å². The molecule has 1 aliphatic rings. The number of imidazole rings is 1. The Labute approximate surface area is 189 Å². The van der Waals surface area contributed by atoms with Crippen LogP contribution in [-0.4, -0.2) is 39.5 Å². The predicted octanol–water partition coefficient (Wildman–Crippen LogP) is 4.51. The molecule has 0 saturated carbocycles. The van der Waals surface area contributed by atoms with Gasteiger partial charge in [0.2, 0.25) is 5.95 Å². The number of fused-ring (bicyclic) bond motifs is 3. The number of hydrogen-bond donors (Lipinski definition) is 2. The van der Waals surface area contributed by atoms with E-state index in [2.05, 4.69) is 35.6 Å². The number of hydrogen-bond acceptors (Lipinski definition) is 7. The van der Waals surface area contributed by atoms with E-state index in [4.69, 9.17) is 16.3 Å². The Morgan fingerprint density at radius 1 is 1.21 bits per heavy atom. The SMILES string of the molecule is Cn1c(Nc2cc3n(n2)CCCC3(F)F)nc2ncc(Oc3cnc4[nH]ncc4c3)c(Cl)c21. The van der Waals surface area contributed by atoms with Crippen molar-refractivity contribution in [3.05, 3.63) is 41.4 Å². The predicted molar refractivity (Wildman–Crippen MR) is 116 cm³/mol. The van der Waals surface area contributed by atoms with Crippen LogP contribution >= 0.6 is 11.6 Å². The quantitative estimate of drug-likeness (QED) is 0.396. The Hall–Kier alpha value is -3.80. The molecule has 0 radical (unpaired) electrons. The summed E-state index contributed by atoms with van der Waals surface area (Å²) in [7, 11) is 1.73. The zero-order valence-corrected chi connectivity index (χ0v) is 17.9. The van der Waals surface area contributed by atoms with Gasteiger partial charge in [0.25, 0.3) is 5.92 Å². The summed E-state index contributed by atoms with van der Waals surface area (Å²) in [5, 5.41) is 15.0. The van der Waals surface area contributed by atoms with Gasteiger partial charge in [0.15, 0.2) is 22.9 Å². The van der Waals surface area contributed by atoms with Gasteiger partial charge in [0.05, 0.1) is 18.6 Å². The van der Waals surface area contributed by atoms with Gasteiger partial charge in [-0.1, -0.05) is 11.6 Å². The smallest absolute Gasteiger partial charge is 0.289 e. The Bertz CT molecular complexity index is 1520. The van der Waals surface area contributed by atoms with Crippen LogP contribution in [0.2, 0.25) is 5.02 Å². The van der Waals surface area contributed by atoms with Crippen molar-refractivity contribution in [2.24, 2.45) is 7.05 Å². The maximum atomic E-state index is 14.2. The normalized spacial score (nSPS) is 15.2. The number of rotatable bonds is 4. The first-order chi connectivity index (χ1) is 15.9. The third kappa shape index (κ3) is 3.25. The first kappa shape index (κ1) is 19.9. The number of alkyl halides is 2. The van der Waals surface area contributed by atoms with E-state index in [9.17, 15) is 8.78 Å². The van der Waals surface area contributed by atoms with E-state index in [1.165, 1.54) is 16.9 Å². The molecule has 168 valence electrons. The van der Waals surface area contributed by atoms with Crippen molar-refractivity contribution in [3.8, 4) is 11.5 Å². The second-order valence-electron chi connectivity index (χ2n) is 7.75. The summed E-state index contributed by atoms with van der Waals surface area (Å²) in [6.07, 6.45) is 4.85. The average molecular weight is 472 g/mol. The van der Waals surface area contributed by atoms with Crippen LogP contribution in [0, 0.1) is 0 Å². The zero-order valence-electron chi connectivity index (χ0n) is 17.2. The topological polar surface area (TPSA) is 111 Å². The van der Waals surface area contributed by atoms with E-state index >= 15 is 0 Å². The van der Waals surface area contributed by atoms with Crippen LogP contribution in [0.25, 0.3) is 22.2 Å². The highest BCUT2D eigenvalue weighted by Gasteiger charge is 2.38. The number of anilines is 2. The molecule has 0 fully saturated rings. The molecule has 0 bridgehead atoms. The lowest BCUT2D eigenvalue weighted by molar-refractivity contribution is -0.0364. The van der Waals surface area contributed by atoms with Crippen molar-refractivity contribution in [1.82, 2.24) is 39.5 Å². The van der Waals surface area contributed by atoms with Crippen molar-refractivity contribution in [2.45, 2.75) is 25.3 Å². The molecular formula is C20H16ClF2N9O. The molecule has 5 aromatic heterocycles. The molecule has 5 aromatic rings. The molecule has 0 spiro atoms. The van der Waals surface area contributed by atoms with Crippen LogP contribution < -0.4 is 10.1 Å². The van der Waals surface area contributed by atoms with Crippen molar-refractivity contribution in [1.29, 1.82) is 0 Å². The molecule has 0 atom stereocenters. The summed E-state index contributed by atoms with van der Waals surface area (Å²) < 4.78 is 37.3. The van der Waals surface area contributed by atoms with E-state index < -0.39 is 5.92 Å². The number of ether oxygens (including phenoxy) is 1. The molecule has 33 heavy (non-hydrogen) atoms. The molecule has 2 N–H and O–H groups in total. The average Bonchev–Trinajstić information content (AvgIpc) is 3.48. The number of aryl methyl sites for hydroxylation is 2. The van der Waals surface area contributed by atoms with Gasteiger partial charge in [-0.05, 0) is 12.5 Å². The van der Waals surface area contributed by atoms with Gasteiger partial charge in [0.1, 0.15) is 22.0 Å². The second kappa shape index (κ2) is 7.10. The summed E-state index contributed by atoms with van der Waals surface area (Å²) in [6, 6.07) is 3.12. The lowest BCUT2D eigenvalue weighted by atomic mass is 10.1.